The lowest BCUT2D eigenvalue weighted by Gasteiger charge is -2.44. The highest BCUT2D eigenvalue weighted by Crippen LogP contribution is 2.39. The summed E-state index contributed by atoms with van der Waals surface area (Å²) in [6.07, 6.45) is 5.04. The molecular weight excluding hydrogens is 391 g/mol. The van der Waals surface area contributed by atoms with Gasteiger partial charge in [0.25, 0.3) is 0 Å². The topological polar surface area (TPSA) is 107 Å². The van der Waals surface area contributed by atoms with Gasteiger partial charge in [-0.3, -0.25) is 4.79 Å². The van der Waals surface area contributed by atoms with Crippen molar-refractivity contribution in [1.82, 2.24) is 4.90 Å². The van der Waals surface area contributed by atoms with Gasteiger partial charge >= 0.3 is 13.1 Å². The maximum Gasteiger partial charge on any atom is 0.451 e. The molecule has 5 N–H and O–H groups in total. The molecule has 2 fully saturated rings. The smallest absolute Gasteiger partial charge is 0.451 e. The van der Waals surface area contributed by atoms with Crippen LogP contribution in [0.3, 0.4) is 0 Å². The summed E-state index contributed by atoms with van der Waals surface area (Å²) in [5.41, 5.74) is 6.51. The lowest BCUT2D eigenvalue weighted by Crippen LogP contribution is -2.60. The molecule has 3 atom stereocenters. The zero-order chi connectivity index (χ0) is 21.0. The highest BCUT2D eigenvalue weighted by molar-refractivity contribution is 6.40. The molecule has 1 aliphatic heterocycles. The zero-order valence-electron chi connectivity index (χ0n) is 16.8. The number of aliphatic carboxylic acids is 1. The molecule has 8 heteroatoms. The highest BCUT2D eigenvalue weighted by Gasteiger charge is 2.47. The molecule has 1 saturated heterocycles. The number of nitrogens with two attached hydrogens (primary N) is 1. The minimum atomic E-state index is -1.34. The number of piperidine rings is 1. The molecule has 2 aliphatic rings. The summed E-state index contributed by atoms with van der Waals surface area (Å²) >= 11 is 5.99. The summed E-state index contributed by atoms with van der Waals surface area (Å²) in [4.78, 5) is 14.4. The third-order valence-electron chi connectivity index (χ3n) is 6.92. The lowest BCUT2D eigenvalue weighted by atomic mass is 9.66. The second-order valence-electron chi connectivity index (χ2n) is 8.87. The Morgan fingerprint density at radius 3 is 2.41 bits per heavy atom. The first kappa shape index (κ1) is 22.6. The van der Waals surface area contributed by atoms with Crippen molar-refractivity contribution in [3.8, 4) is 0 Å². The standard InChI is InChI=1S/C21H32BClN2O4/c23-19-5-2-16(3-6-19)17-8-11-25(12-9-17)14-18-4-1-15(7-10-22(28)29)13-21(18,24)20(26)27/h2-3,5-6,15,17-18,28-29H,1,4,7-14,24H2,(H,26,27)/t15-,18?,21+/m0/s1. The van der Waals surface area contributed by atoms with Gasteiger partial charge in [0.05, 0.1) is 0 Å². The first-order valence-electron chi connectivity index (χ1n) is 10.6. The van der Waals surface area contributed by atoms with Crippen LogP contribution in [0.1, 0.15) is 50.0 Å². The zero-order valence-corrected chi connectivity index (χ0v) is 17.6. The summed E-state index contributed by atoms with van der Waals surface area (Å²) in [5, 5.41) is 28.8. The molecule has 1 aromatic rings. The molecule has 0 bridgehead atoms. The fraction of sp³-hybridized carbons (Fsp3) is 0.667. The van der Waals surface area contributed by atoms with Crippen LogP contribution in [-0.4, -0.2) is 58.3 Å². The molecule has 0 radical (unpaired) electrons. The number of hydrogen-bond acceptors (Lipinski definition) is 5. The molecule has 6 nitrogen and oxygen atoms in total. The predicted molar refractivity (Wildman–Crippen MR) is 115 cm³/mol. The van der Waals surface area contributed by atoms with Gasteiger partial charge in [0.1, 0.15) is 5.54 Å². The van der Waals surface area contributed by atoms with Crippen LogP contribution in [0.2, 0.25) is 11.3 Å². The van der Waals surface area contributed by atoms with Crippen molar-refractivity contribution in [2.45, 2.75) is 56.3 Å². The minimum Gasteiger partial charge on any atom is -0.480 e. The van der Waals surface area contributed by atoms with Crippen LogP contribution >= 0.6 is 11.6 Å². The van der Waals surface area contributed by atoms with Crippen molar-refractivity contribution in [3.63, 3.8) is 0 Å². The molecule has 1 heterocycles. The third kappa shape index (κ3) is 5.73. The Hall–Kier alpha value is -1.12. The normalized spacial score (nSPS) is 29.0. The highest BCUT2D eigenvalue weighted by atomic mass is 35.5. The van der Waals surface area contributed by atoms with Crippen LogP contribution in [0.5, 0.6) is 0 Å². The molecule has 0 spiro atoms. The van der Waals surface area contributed by atoms with Crippen LogP contribution in [0.4, 0.5) is 0 Å². The van der Waals surface area contributed by atoms with Crippen molar-refractivity contribution in [1.29, 1.82) is 0 Å². The Bertz CT molecular complexity index is 682. The molecular formula is C21H32BClN2O4. The first-order chi connectivity index (χ1) is 13.8. The first-order valence-corrected chi connectivity index (χ1v) is 11.0. The van der Waals surface area contributed by atoms with Crippen molar-refractivity contribution < 1.29 is 19.9 Å². The summed E-state index contributed by atoms with van der Waals surface area (Å²) in [6, 6.07) is 8.07. The van der Waals surface area contributed by atoms with Crippen molar-refractivity contribution in [2.75, 3.05) is 19.6 Å². The van der Waals surface area contributed by atoms with Gasteiger partial charge in [0, 0.05) is 17.5 Å². The van der Waals surface area contributed by atoms with E-state index in [1.807, 2.05) is 12.1 Å². The van der Waals surface area contributed by atoms with E-state index in [0.29, 0.717) is 25.3 Å². The van der Waals surface area contributed by atoms with E-state index < -0.39 is 18.6 Å². The van der Waals surface area contributed by atoms with E-state index in [4.69, 9.17) is 27.4 Å². The quantitative estimate of drug-likeness (QED) is 0.503. The number of nitrogens with zero attached hydrogens (tertiary/aromatic N) is 1. The molecule has 0 aromatic heterocycles. The van der Waals surface area contributed by atoms with Crippen LogP contribution in [0, 0.1) is 11.8 Å². The fourth-order valence-electron chi connectivity index (χ4n) is 5.08. The van der Waals surface area contributed by atoms with Crippen molar-refractivity contribution in [3.05, 3.63) is 34.9 Å². The van der Waals surface area contributed by atoms with E-state index >= 15 is 0 Å². The van der Waals surface area contributed by atoms with E-state index in [1.54, 1.807) is 0 Å². The van der Waals surface area contributed by atoms with Gasteiger partial charge in [-0.05, 0) is 81.0 Å². The number of likely N-dealkylation sites (tertiary alicyclic amines) is 1. The molecule has 160 valence electrons. The largest absolute Gasteiger partial charge is 0.480 e. The lowest BCUT2D eigenvalue weighted by molar-refractivity contribution is -0.148. The van der Waals surface area contributed by atoms with E-state index in [-0.39, 0.29) is 18.2 Å². The molecule has 3 rings (SSSR count). The SMILES string of the molecule is N[C@]1(C(=O)O)C[C@H](CCB(O)O)CCC1CN1CCC(c2ccc(Cl)cc2)CC1. The summed E-state index contributed by atoms with van der Waals surface area (Å²) in [5.74, 6) is -0.369. The van der Waals surface area contributed by atoms with Crippen LogP contribution in [0.15, 0.2) is 24.3 Å². The van der Waals surface area contributed by atoms with Gasteiger partial charge < -0.3 is 25.8 Å². The van der Waals surface area contributed by atoms with E-state index in [2.05, 4.69) is 17.0 Å². The van der Waals surface area contributed by atoms with Gasteiger partial charge in [-0.1, -0.05) is 30.2 Å². The number of carboxylic acids is 1. The fourth-order valence-corrected chi connectivity index (χ4v) is 5.21. The summed E-state index contributed by atoms with van der Waals surface area (Å²) in [6.45, 7) is 2.60. The maximum atomic E-state index is 12.0. The van der Waals surface area contributed by atoms with Gasteiger partial charge in [-0.2, -0.15) is 0 Å². The van der Waals surface area contributed by atoms with E-state index in [9.17, 15) is 9.90 Å². The number of rotatable bonds is 7. The Balaban J connectivity index is 1.55. The van der Waals surface area contributed by atoms with Gasteiger partial charge in [-0.15, -0.1) is 0 Å². The van der Waals surface area contributed by atoms with E-state index in [1.165, 1.54) is 5.56 Å². The molecule has 1 unspecified atom stereocenters. The van der Waals surface area contributed by atoms with E-state index in [0.717, 1.165) is 43.8 Å². The molecule has 29 heavy (non-hydrogen) atoms. The van der Waals surface area contributed by atoms with Gasteiger partial charge in [-0.25, -0.2) is 0 Å². The van der Waals surface area contributed by atoms with Gasteiger partial charge in [0.2, 0.25) is 0 Å². The molecule has 1 saturated carbocycles. The Morgan fingerprint density at radius 2 is 1.83 bits per heavy atom. The van der Waals surface area contributed by atoms with Crippen molar-refractivity contribution in [2.24, 2.45) is 17.6 Å². The number of carbonyl (C=O) groups is 1. The average molecular weight is 423 g/mol. The van der Waals surface area contributed by atoms with Gasteiger partial charge in [0.15, 0.2) is 0 Å². The predicted octanol–water partition coefficient (Wildman–Crippen LogP) is 2.58. The third-order valence-corrected chi connectivity index (χ3v) is 7.17. The molecule has 0 amide bonds. The van der Waals surface area contributed by atoms with Crippen LogP contribution < -0.4 is 5.73 Å². The Morgan fingerprint density at radius 1 is 1.17 bits per heavy atom. The minimum absolute atomic E-state index is 0.0811. The number of carboxylic acid groups (broad SMARTS) is 1. The second-order valence-corrected chi connectivity index (χ2v) is 9.31. The summed E-state index contributed by atoms with van der Waals surface area (Å²) < 4.78 is 0. The van der Waals surface area contributed by atoms with Crippen molar-refractivity contribution >= 4 is 24.7 Å². The Kier molecular flexibility index (Phi) is 7.62. The summed E-state index contributed by atoms with van der Waals surface area (Å²) in [7, 11) is -1.34. The second kappa shape index (κ2) is 9.79. The number of halogens is 1. The van der Waals surface area contributed by atoms with Crippen LogP contribution in [-0.2, 0) is 4.79 Å². The number of hydrogen-bond donors (Lipinski definition) is 4. The number of benzene rings is 1. The monoisotopic (exact) mass is 422 g/mol. The Labute approximate surface area is 178 Å². The van der Waals surface area contributed by atoms with Crippen LogP contribution in [0.25, 0.3) is 0 Å². The molecule has 1 aromatic carbocycles. The molecule has 1 aliphatic carbocycles. The average Bonchev–Trinajstić information content (AvgIpc) is 2.69. The maximum absolute atomic E-state index is 12.0.